The van der Waals surface area contributed by atoms with Crippen molar-refractivity contribution in [2.24, 2.45) is 0 Å². The first kappa shape index (κ1) is 12.5. The smallest absolute Gasteiger partial charge is 0.407 e. The molecule has 76 valence electrons. The fourth-order valence-electron chi connectivity index (χ4n) is 0.603. The van der Waals surface area contributed by atoms with Gasteiger partial charge in [-0.3, -0.25) is 0 Å². The lowest BCUT2D eigenvalue weighted by Gasteiger charge is -2.19. The molecule has 0 fully saturated rings. The van der Waals surface area contributed by atoms with Crippen LogP contribution in [0.15, 0.2) is 12.2 Å². The zero-order valence-electron chi connectivity index (χ0n) is 8.26. The van der Waals surface area contributed by atoms with E-state index in [9.17, 15) is 4.79 Å². The first-order chi connectivity index (χ1) is 5.95. The summed E-state index contributed by atoms with van der Waals surface area (Å²) in [6, 6.07) is 0. The molecule has 0 aromatic heterocycles. The third-order valence-electron chi connectivity index (χ3n) is 1.02. The highest BCUT2D eigenvalue weighted by atomic mass is 79.9. The van der Waals surface area contributed by atoms with Gasteiger partial charge in [0, 0.05) is 11.9 Å². The summed E-state index contributed by atoms with van der Waals surface area (Å²) in [5, 5.41) is 3.40. The largest absolute Gasteiger partial charge is 0.444 e. The second-order valence-corrected chi connectivity index (χ2v) is 4.16. The van der Waals surface area contributed by atoms with Crippen LogP contribution in [0.5, 0.6) is 0 Å². The molecular weight excluding hydrogens is 234 g/mol. The number of alkyl carbamates (subject to hydrolysis) is 1. The van der Waals surface area contributed by atoms with Gasteiger partial charge in [0.15, 0.2) is 0 Å². The van der Waals surface area contributed by atoms with Crippen LogP contribution in [-0.4, -0.2) is 23.6 Å². The molecule has 0 saturated heterocycles. The Bertz CT molecular complexity index is 185. The Balaban J connectivity index is 3.58. The molecule has 3 nitrogen and oxygen atoms in total. The Morgan fingerprint density at radius 2 is 2.08 bits per heavy atom. The summed E-state index contributed by atoms with van der Waals surface area (Å²) in [6.07, 6.45) is 3.39. The van der Waals surface area contributed by atoms with Crippen molar-refractivity contribution in [3.63, 3.8) is 0 Å². The molecular formula is C9H16BrNO2. The zero-order valence-corrected chi connectivity index (χ0v) is 9.85. The molecule has 0 heterocycles. The van der Waals surface area contributed by atoms with Gasteiger partial charge in [-0.2, -0.15) is 0 Å². The number of halogens is 1. The quantitative estimate of drug-likeness (QED) is 0.617. The number of carbonyl (C=O) groups excluding carboxylic acids is 1. The molecule has 0 aliphatic carbocycles. The highest BCUT2D eigenvalue weighted by Crippen LogP contribution is 2.05. The van der Waals surface area contributed by atoms with Gasteiger partial charge in [-0.25, -0.2) is 4.79 Å². The molecule has 0 aliphatic heterocycles. The average Bonchev–Trinajstić information content (AvgIpc) is 1.94. The van der Waals surface area contributed by atoms with E-state index in [1.807, 2.05) is 32.9 Å². The average molecular weight is 250 g/mol. The first-order valence-corrected chi connectivity index (χ1v) is 5.25. The maximum absolute atomic E-state index is 11.0. The Labute approximate surface area is 87.7 Å². The number of rotatable bonds is 3. The van der Waals surface area contributed by atoms with Gasteiger partial charge in [0.2, 0.25) is 0 Å². The maximum Gasteiger partial charge on any atom is 0.407 e. The Kier molecular flexibility index (Phi) is 5.79. The molecule has 0 saturated carbocycles. The van der Waals surface area contributed by atoms with E-state index < -0.39 is 5.60 Å². The van der Waals surface area contributed by atoms with Crippen LogP contribution in [0.25, 0.3) is 0 Å². The van der Waals surface area contributed by atoms with Gasteiger partial charge in [0.25, 0.3) is 0 Å². The van der Waals surface area contributed by atoms with Gasteiger partial charge in [-0.15, -0.1) is 0 Å². The number of nitrogens with one attached hydrogen (secondary N) is 1. The van der Waals surface area contributed by atoms with Crippen molar-refractivity contribution in [3.05, 3.63) is 12.2 Å². The van der Waals surface area contributed by atoms with Gasteiger partial charge in [-0.1, -0.05) is 28.1 Å². The van der Waals surface area contributed by atoms with Gasteiger partial charge < -0.3 is 10.1 Å². The second-order valence-electron chi connectivity index (χ2n) is 3.51. The molecule has 4 heteroatoms. The van der Waals surface area contributed by atoms with Crippen molar-refractivity contribution in [1.82, 2.24) is 5.32 Å². The lowest BCUT2D eigenvalue weighted by atomic mass is 10.2. The number of allylic oxidation sites excluding steroid dienone is 1. The van der Waals surface area contributed by atoms with E-state index >= 15 is 0 Å². The van der Waals surface area contributed by atoms with Crippen molar-refractivity contribution in [1.29, 1.82) is 0 Å². The predicted octanol–water partition coefficient (Wildman–Crippen LogP) is 2.46. The summed E-state index contributed by atoms with van der Waals surface area (Å²) in [5.74, 6) is 0. The van der Waals surface area contributed by atoms with Crippen molar-refractivity contribution < 1.29 is 9.53 Å². The van der Waals surface area contributed by atoms with Crippen molar-refractivity contribution in [2.45, 2.75) is 26.4 Å². The van der Waals surface area contributed by atoms with Crippen molar-refractivity contribution in [3.8, 4) is 0 Å². The summed E-state index contributed by atoms with van der Waals surface area (Å²) in [6.45, 7) is 6.00. The van der Waals surface area contributed by atoms with Crippen LogP contribution in [0.2, 0.25) is 0 Å². The highest BCUT2D eigenvalue weighted by Gasteiger charge is 2.14. The van der Waals surface area contributed by atoms with Crippen LogP contribution < -0.4 is 5.32 Å². The molecule has 0 unspecified atom stereocenters. The van der Waals surface area contributed by atoms with Gasteiger partial charge in [0.05, 0.1) is 0 Å². The SMILES string of the molecule is CC(C)(C)OC(=O)NCC=CCBr. The molecule has 1 amide bonds. The third-order valence-corrected chi connectivity index (χ3v) is 1.39. The molecule has 0 rings (SSSR count). The number of alkyl halides is 1. The minimum Gasteiger partial charge on any atom is -0.444 e. The summed E-state index contributed by atoms with van der Waals surface area (Å²) >= 11 is 3.23. The summed E-state index contributed by atoms with van der Waals surface area (Å²) in [4.78, 5) is 11.0. The van der Waals surface area contributed by atoms with E-state index in [1.165, 1.54) is 0 Å². The lowest BCUT2D eigenvalue weighted by Crippen LogP contribution is -2.32. The Hall–Kier alpha value is -0.510. The van der Waals surface area contributed by atoms with Crippen LogP contribution in [0, 0.1) is 0 Å². The van der Waals surface area contributed by atoms with E-state index in [0.29, 0.717) is 6.54 Å². The van der Waals surface area contributed by atoms with Crippen LogP contribution in [-0.2, 0) is 4.74 Å². The monoisotopic (exact) mass is 249 g/mol. The zero-order chi connectivity index (χ0) is 10.3. The summed E-state index contributed by atoms with van der Waals surface area (Å²) in [5.41, 5.74) is -0.427. The number of hydrogen-bond donors (Lipinski definition) is 1. The van der Waals surface area contributed by atoms with Crippen molar-refractivity contribution >= 4 is 22.0 Å². The highest BCUT2D eigenvalue weighted by molar-refractivity contribution is 9.09. The van der Waals surface area contributed by atoms with Crippen LogP contribution in [0.4, 0.5) is 4.79 Å². The number of carbonyl (C=O) groups is 1. The minimum atomic E-state index is -0.427. The Morgan fingerprint density at radius 3 is 2.54 bits per heavy atom. The van der Waals surface area contributed by atoms with Gasteiger partial charge in [-0.05, 0) is 20.8 Å². The lowest BCUT2D eigenvalue weighted by molar-refractivity contribution is 0.0534. The number of hydrogen-bond acceptors (Lipinski definition) is 2. The molecule has 13 heavy (non-hydrogen) atoms. The maximum atomic E-state index is 11.0. The standard InChI is InChI=1S/C9H16BrNO2/c1-9(2,3)13-8(12)11-7-5-4-6-10/h4-5H,6-7H2,1-3H3,(H,11,12). The summed E-state index contributed by atoms with van der Waals surface area (Å²) in [7, 11) is 0. The fraction of sp³-hybridized carbons (Fsp3) is 0.667. The van der Waals surface area contributed by atoms with Crippen molar-refractivity contribution in [2.75, 3.05) is 11.9 Å². The van der Waals surface area contributed by atoms with E-state index in [2.05, 4.69) is 21.2 Å². The van der Waals surface area contributed by atoms with E-state index in [1.54, 1.807) is 0 Å². The first-order valence-electron chi connectivity index (χ1n) is 4.13. The van der Waals surface area contributed by atoms with Gasteiger partial charge >= 0.3 is 6.09 Å². The third kappa shape index (κ3) is 9.40. The molecule has 0 aromatic carbocycles. The topological polar surface area (TPSA) is 38.3 Å². The predicted molar refractivity (Wildman–Crippen MR) is 57.2 cm³/mol. The van der Waals surface area contributed by atoms with Crippen LogP contribution >= 0.6 is 15.9 Å². The van der Waals surface area contributed by atoms with Crippen LogP contribution in [0.1, 0.15) is 20.8 Å². The second kappa shape index (κ2) is 6.02. The molecule has 0 aromatic rings. The Morgan fingerprint density at radius 1 is 1.46 bits per heavy atom. The van der Waals surface area contributed by atoms with E-state index in [-0.39, 0.29) is 6.09 Å². The van der Waals surface area contributed by atoms with E-state index in [4.69, 9.17) is 4.74 Å². The number of ether oxygens (including phenoxy) is 1. The molecule has 0 aliphatic rings. The minimum absolute atomic E-state index is 0.383. The van der Waals surface area contributed by atoms with Gasteiger partial charge in [0.1, 0.15) is 5.60 Å². The fourth-order valence-corrected chi connectivity index (χ4v) is 0.867. The number of amides is 1. The van der Waals surface area contributed by atoms with Crippen LogP contribution in [0.3, 0.4) is 0 Å². The molecule has 0 spiro atoms. The van der Waals surface area contributed by atoms with E-state index in [0.717, 1.165) is 5.33 Å². The molecule has 0 bridgehead atoms. The molecule has 0 atom stereocenters. The molecule has 0 radical (unpaired) electrons. The molecule has 1 N–H and O–H groups in total. The normalized spacial score (nSPS) is 11.7. The summed E-state index contributed by atoms with van der Waals surface area (Å²) < 4.78 is 5.02.